The molecule has 5 heteroatoms. The fraction of sp³-hybridized carbons (Fsp3) is 0. The monoisotopic (exact) mass is 290 g/mol. The highest BCUT2D eigenvalue weighted by Crippen LogP contribution is 2.24. The zero-order valence-corrected chi connectivity index (χ0v) is 11.2. The van der Waals surface area contributed by atoms with E-state index in [9.17, 15) is 4.79 Å². The van der Waals surface area contributed by atoms with Crippen LogP contribution in [0.2, 0.25) is 10.0 Å². The van der Waals surface area contributed by atoms with Crippen molar-refractivity contribution in [3.63, 3.8) is 0 Å². The van der Waals surface area contributed by atoms with E-state index in [4.69, 9.17) is 23.2 Å². The van der Waals surface area contributed by atoms with Gasteiger partial charge in [0.25, 0.3) is 0 Å². The highest BCUT2D eigenvalue weighted by Gasteiger charge is 2.15. The zero-order valence-electron chi connectivity index (χ0n) is 9.65. The molecule has 0 fully saturated rings. The summed E-state index contributed by atoms with van der Waals surface area (Å²) in [6, 6.07) is 8.43. The summed E-state index contributed by atoms with van der Waals surface area (Å²) in [4.78, 5) is 19.6. The van der Waals surface area contributed by atoms with E-state index in [1.807, 2.05) is 6.07 Å². The molecule has 2 heterocycles. The highest BCUT2D eigenvalue weighted by molar-refractivity contribution is 6.35. The molecule has 1 aromatic carbocycles. The Kier molecular flexibility index (Phi) is 3.01. The number of carbonyl (C=O) groups excluding carboxylic acids is 1. The minimum Gasteiger partial charge on any atom is -0.345 e. The van der Waals surface area contributed by atoms with Crippen LogP contribution in [-0.2, 0) is 0 Å². The van der Waals surface area contributed by atoms with E-state index in [-0.39, 0.29) is 5.78 Å². The van der Waals surface area contributed by atoms with Crippen molar-refractivity contribution < 1.29 is 4.79 Å². The quantitative estimate of drug-likeness (QED) is 0.722. The van der Waals surface area contributed by atoms with Gasteiger partial charge in [-0.1, -0.05) is 23.2 Å². The molecular formula is C14H8Cl2N2O. The fourth-order valence-electron chi connectivity index (χ4n) is 1.98. The van der Waals surface area contributed by atoms with E-state index < -0.39 is 0 Å². The smallest absolute Gasteiger partial charge is 0.195 e. The van der Waals surface area contributed by atoms with Crippen LogP contribution in [0.5, 0.6) is 0 Å². The zero-order chi connectivity index (χ0) is 13.4. The summed E-state index contributed by atoms with van der Waals surface area (Å²) >= 11 is 11.8. The third-order valence-electron chi connectivity index (χ3n) is 2.82. The van der Waals surface area contributed by atoms with Crippen molar-refractivity contribution in [1.82, 2.24) is 9.97 Å². The van der Waals surface area contributed by atoms with Gasteiger partial charge in [-0.25, -0.2) is 4.98 Å². The number of fused-ring (bicyclic) bond motifs is 1. The standard InChI is InChI=1S/C14H8Cl2N2O/c15-9-4-8(5-10(16)6-9)13(19)12-7-18-14-11(12)2-1-3-17-14/h1-7H,(H,17,18). The molecule has 3 nitrogen and oxygen atoms in total. The molecule has 0 saturated carbocycles. The van der Waals surface area contributed by atoms with Crippen LogP contribution in [0.25, 0.3) is 11.0 Å². The van der Waals surface area contributed by atoms with Gasteiger partial charge in [-0.05, 0) is 30.3 Å². The number of H-pyrrole nitrogens is 1. The van der Waals surface area contributed by atoms with E-state index in [1.165, 1.54) is 0 Å². The third kappa shape index (κ3) is 2.23. The lowest BCUT2D eigenvalue weighted by Gasteiger charge is -2.01. The van der Waals surface area contributed by atoms with Crippen LogP contribution in [-0.4, -0.2) is 15.8 Å². The lowest BCUT2D eigenvalue weighted by molar-refractivity contribution is 0.104. The summed E-state index contributed by atoms with van der Waals surface area (Å²) in [7, 11) is 0. The molecule has 0 atom stereocenters. The SMILES string of the molecule is O=C(c1cc(Cl)cc(Cl)c1)c1c[nH]c2ncccc12. The molecule has 3 aromatic rings. The Morgan fingerprint density at radius 2 is 1.89 bits per heavy atom. The summed E-state index contributed by atoms with van der Waals surface area (Å²) in [5.74, 6) is -0.136. The number of benzene rings is 1. The topological polar surface area (TPSA) is 45.8 Å². The molecule has 1 N–H and O–H groups in total. The van der Waals surface area contributed by atoms with Crippen LogP contribution in [0.15, 0.2) is 42.7 Å². The van der Waals surface area contributed by atoms with Crippen molar-refractivity contribution in [1.29, 1.82) is 0 Å². The molecule has 19 heavy (non-hydrogen) atoms. The molecule has 0 aliphatic rings. The number of hydrogen-bond donors (Lipinski definition) is 1. The van der Waals surface area contributed by atoms with Gasteiger partial charge < -0.3 is 4.98 Å². The van der Waals surface area contributed by atoms with Crippen molar-refractivity contribution in [2.24, 2.45) is 0 Å². The van der Waals surface area contributed by atoms with Gasteiger partial charge in [0.05, 0.1) is 0 Å². The van der Waals surface area contributed by atoms with Gasteiger partial charge in [0, 0.05) is 39.0 Å². The molecular weight excluding hydrogens is 283 g/mol. The molecule has 3 rings (SSSR count). The molecule has 0 radical (unpaired) electrons. The van der Waals surface area contributed by atoms with E-state index >= 15 is 0 Å². The van der Waals surface area contributed by atoms with Gasteiger partial charge in [-0.15, -0.1) is 0 Å². The summed E-state index contributed by atoms with van der Waals surface area (Å²) in [6.45, 7) is 0. The Labute approximate surface area is 119 Å². The Bertz CT molecular complexity index is 760. The Morgan fingerprint density at radius 3 is 2.63 bits per heavy atom. The lowest BCUT2D eigenvalue weighted by atomic mass is 10.0. The molecule has 0 amide bonds. The molecule has 0 aliphatic heterocycles. The van der Waals surface area contributed by atoms with Gasteiger partial charge in [0.15, 0.2) is 5.78 Å². The number of nitrogens with one attached hydrogen (secondary N) is 1. The molecule has 0 bridgehead atoms. The van der Waals surface area contributed by atoms with Crippen molar-refractivity contribution in [2.75, 3.05) is 0 Å². The van der Waals surface area contributed by atoms with Crippen molar-refractivity contribution in [2.45, 2.75) is 0 Å². The maximum atomic E-state index is 12.5. The molecule has 2 aromatic heterocycles. The number of carbonyl (C=O) groups is 1. The van der Waals surface area contributed by atoms with E-state index in [0.29, 0.717) is 26.8 Å². The van der Waals surface area contributed by atoms with E-state index in [1.54, 1.807) is 36.7 Å². The molecule has 0 spiro atoms. The van der Waals surface area contributed by atoms with Crippen LogP contribution in [0.1, 0.15) is 15.9 Å². The number of ketones is 1. The maximum absolute atomic E-state index is 12.5. The maximum Gasteiger partial charge on any atom is 0.195 e. The highest BCUT2D eigenvalue weighted by atomic mass is 35.5. The van der Waals surface area contributed by atoms with Crippen LogP contribution in [0.4, 0.5) is 0 Å². The summed E-state index contributed by atoms with van der Waals surface area (Å²) in [6.07, 6.45) is 3.32. The first-order chi connectivity index (χ1) is 9.15. The van der Waals surface area contributed by atoms with Gasteiger partial charge in [0.1, 0.15) is 5.65 Å². The van der Waals surface area contributed by atoms with Gasteiger partial charge >= 0.3 is 0 Å². The van der Waals surface area contributed by atoms with Crippen LogP contribution in [0, 0.1) is 0 Å². The summed E-state index contributed by atoms with van der Waals surface area (Å²) < 4.78 is 0. The minimum absolute atomic E-state index is 0.136. The first-order valence-corrected chi connectivity index (χ1v) is 6.33. The number of rotatable bonds is 2. The fourth-order valence-corrected chi connectivity index (χ4v) is 2.51. The number of nitrogens with zero attached hydrogens (tertiary/aromatic N) is 1. The normalized spacial score (nSPS) is 10.8. The molecule has 0 saturated heterocycles. The number of halogens is 2. The average molecular weight is 291 g/mol. The second-order valence-electron chi connectivity index (χ2n) is 4.09. The Balaban J connectivity index is 2.13. The lowest BCUT2D eigenvalue weighted by Crippen LogP contribution is -2.00. The van der Waals surface area contributed by atoms with Crippen molar-refractivity contribution >= 4 is 40.0 Å². The Morgan fingerprint density at radius 1 is 1.16 bits per heavy atom. The first-order valence-electron chi connectivity index (χ1n) is 5.58. The number of pyridine rings is 1. The minimum atomic E-state index is -0.136. The molecule has 0 aliphatic carbocycles. The van der Waals surface area contributed by atoms with Gasteiger partial charge in [-0.3, -0.25) is 4.79 Å². The first kappa shape index (κ1) is 12.2. The van der Waals surface area contributed by atoms with Crippen molar-refractivity contribution in [3.8, 4) is 0 Å². The predicted molar refractivity (Wildman–Crippen MR) is 76.0 cm³/mol. The van der Waals surface area contributed by atoms with Crippen LogP contribution >= 0.6 is 23.2 Å². The van der Waals surface area contributed by atoms with E-state index in [0.717, 1.165) is 5.39 Å². The summed E-state index contributed by atoms with van der Waals surface area (Å²) in [5.41, 5.74) is 1.70. The predicted octanol–water partition coefficient (Wildman–Crippen LogP) is 4.10. The van der Waals surface area contributed by atoms with Crippen LogP contribution < -0.4 is 0 Å². The van der Waals surface area contributed by atoms with E-state index in [2.05, 4.69) is 9.97 Å². The van der Waals surface area contributed by atoms with Gasteiger partial charge in [0.2, 0.25) is 0 Å². The summed E-state index contributed by atoms with van der Waals surface area (Å²) in [5, 5.41) is 1.66. The average Bonchev–Trinajstić information content (AvgIpc) is 2.80. The second kappa shape index (κ2) is 4.68. The Hall–Kier alpha value is -1.84. The van der Waals surface area contributed by atoms with Crippen molar-refractivity contribution in [3.05, 3.63) is 63.9 Å². The van der Waals surface area contributed by atoms with Crippen LogP contribution in [0.3, 0.4) is 0 Å². The third-order valence-corrected chi connectivity index (χ3v) is 3.26. The molecule has 0 unspecified atom stereocenters. The number of hydrogen-bond acceptors (Lipinski definition) is 2. The number of aromatic nitrogens is 2. The largest absolute Gasteiger partial charge is 0.345 e. The number of aromatic amines is 1. The molecule has 94 valence electrons. The second-order valence-corrected chi connectivity index (χ2v) is 4.96. The van der Waals surface area contributed by atoms with Gasteiger partial charge in [-0.2, -0.15) is 0 Å².